The van der Waals surface area contributed by atoms with Crippen molar-refractivity contribution in [2.24, 2.45) is 0 Å². The maximum absolute atomic E-state index is 12.4. The van der Waals surface area contributed by atoms with Gasteiger partial charge >= 0.3 is 0 Å². The van der Waals surface area contributed by atoms with Gasteiger partial charge in [-0.25, -0.2) is 0 Å². The number of hydrogen-bond donors (Lipinski definition) is 1. The highest BCUT2D eigenvalue weighted by molar-refractivity contribution is 6.07. The van der Waals surface area contributed by atoms with Crippen LogP contribution in [0.2, 0.25) is 0 Å². The summed E-state index contributed by atoms with van der Waals surface area (Å²) in [5.74, 6) is 0.658. The molecule has 0 atom stereocenters. The number of rotatable bonds is 5. The SMILES string of the molecule is COc1ccc(OC)c(NC(=O)/C(C#N)=C\N2CCCCCC2)c1. The van der Waals surface area contributed by atoms with E-state index in [0.29, 0.717) is 17.2 Å². The molecular weight excluding hydrogens is 306 g/mol. The van der Waals surface area contributed by atoms with Crippen LogP contribution in [0.15, 0.2) is 30.0 Å². The van der Waals surface area contributed by atoms with Gasteiger partial charge in [-0.15, -0.1) is 0 Å². The Morgan fingerprint density at radius 3 is 2.50 bits per heavy atom. The Hall–Kier alpha value is -2.68. The number of benzene rings is 1. The maximum atomic E-state index is 12.4. The molecule has 128 valence electrons. The number of carbonyl (C=O) groups is 1. The number of ether oxygens (including phenoxy) is 2. The molecule has 1 amide bonds. The molecule has 1 aromatic carbocycles. The van der Waals surface area contributed by atoms with E-state index in [1.165, 1.54) is 20.0 Å². The summed E-state index contributed by atoms with van der Waals surface area (Å²) in [6, 6.07) is 7.11. The monoisotopic (exact) mass is 329 g/mol. The van der Waals surface area contributed by atoms with Gasteiger partial charge in [0.05, 0.1) is 19.9 Å². The maximum Gasteiger partial charge on any atom is 0.267 e. The summed E-state index contributed by atoms with van der Waals surface area (Å²) in [7, 11) is 3.07. The number of likely N-dealkylation sites (tertiary alicyclic amines) is 1. The average molecular weight is 329 g/mol. The molecular formula is C18H23N3O3. The van der Waals surface area contributed by atoms with Crippen molar-refractivity contribution in [3.8, 4) is 17.6 Å². The van der Waals surface area contributed by atoms with E-state index >= 15 is 0 Å². The average Bonchev–Trinajstić information content (AvgIpc) is 2.88. The van der Waals surface area contributed by atoms with Crippen LogP contribution in [-0.2, 0) is 4.79 Å². The zero-order valence-corrected chi connectivity index (χ0v) is 14.2. The molecule has 0 saturated carbocycles. The molecule has 1 aliphatic rings. The van der Waals surface area contributed by atoms with E-state index in [1.54, 1.807) is 31.5 Å². The van der Waals surface area contributed by atoms with Gasteiger partial charge in [0.15, 0.2) is 0 Å². The van der Waals surface area contributed by atoms with Crippen molar-refractivity contribution < 1.29 is 14.3 Å². The van der Waals surface area contributed by atoms with Gasteiger partial charge in [0.1, 0.15) is 23.1 Å². The fraction of sp³-hybridized carbons (Fsp3) is 0.444. The van der Waals surface area contributed by atoms with Crippen LogP contribution in [0.4, 0.5) is 5.69 Å². The number of nitrogens with zero attached hydrogens (tertiary/aromatic N) is 2. The van der Waals surface area contributed by atoms with Crippen LogP contribution in [-0.4, -0.2) is 38.1 Å². The van der Waals surface area contributed by atoms with Crippen molar-refractivity contribution in [2.75, 3.05) is 32.6 Å². The highest BCUT2D eigenvalue weighted by Gasteiger charge is 2.15. The largest absolute Gasteiger partial charge is 0.497 e. The fourth-order valence-electron chi connectivity index (χ4n) is 2.65. The second kappa shape index (κ2) is 8.82. The first-order chi connectivity index (χ1) is 11.7. The standard InChI is InChI=1S/C18H23N3O3/c1-23-15-7-8-17(24-2)16(11-15)20-18(22)14(12-19)13-21-9-5-3-4-6-10-21/h7-8,11,13H,3-6,9-10H2,1-2H3,(H,20,22)/b14-13-. The number of hydrogen-bond acceptors (Lipinski definition) is 5. The Balaban J connectivity index is 2.16. The van der Waals surface area contributed by atoms with Crippen LogP contribution in [0.5, 0.6) is 11.5 Å². The Labute approximate surface area is 142 Å². The van der Waals surface area contributed by atoms with E-state index < -0.39 is 5.91 Å². The number of methoxy groups -OCH3 is 2. The Morgan fingerprint density at radius 1 is 1.21 bits per heavy atom. The first kappa shape index (κ1) is 17.7. The van der Waals surface area contributed by atoms with Gasteiger partial charge in [0, 0.05) is 25.4 Å². The van der Waals surface area contributed by atoms with Gasteiger partial charge in [-0.05, 0) is 25.0 Å². The number of amides is 1. The summed E-state index contributed by atoms with van der Waals surface area (Å²) in [4.78, 5) is 14.5. The summed E-state index contributed by atoms with van der Waals surface area (Å²) in [6.07, 6.45) is 6.22. The van der Waals surface area contributed by atoms with Crippen molar-refractivity contribution >= 4 is 11.6 Å². The molecule has 2 rings (SSSR count). The molecule has 1 saturated heterocycles. The lowest BCUT2D eigenvalue weighted by atomic mass is 10.2. The van der Waals surface area contributed by atoms with Crippen LogP contribution in [0.3, 0.4) is 0 Å². The van der Waals surface area contributed by atoms with Crippen LogP contribution in [0, 0.1) is 11.3 Å². The number of anilines is 1. The molecule has 1 N–H and O–H groups in total. The molecule has 1 aromatic rings. The normalized spacial score (nSPS) is 15.2. The van der Waals surface area contributed by atoms with Crippen molar-refractivity contribution in [3.63, 3.8) is 0 Å². The molecule has 0 unspecified atom stereocenters. The molecule has 1 heterocycles. The van der Waals surface area contributed by atoms with Crippen LogP contribution < -0.4 is 14.8 Å². The first-order valence-corrected chi connectivity index (χ1v) is 8.07. The Morgan fingerprint density at radius 2 is 1.92 bits per heavy atom. The third kappa shape index (κ3) is 4.66. The third-order valence-electron chi connectivity index (χ3n) is 3.97. The van der Waals surface area contributed by atoms with E-state index in [4.69, 9.17) is 9.47 Å². The first-order valence-electron chi connectivity index (χ1n) is 8.07. The molecule has 0 aromatic heterocycles. The summed E-state index contributed by atoms with van der Waals surface area (Å²) < 4.78 is 10.4. The van der Waals surface area contributed by atoms with E-state index in [-0.39, 0.29) is 5.57 Å². The summed E-state index contributed by atoms with van der Waals surface area (Å²) in [6.45, 7) is 1.75. The van der Waals surface area contributed by atoms with Crippen molar-refractivity contribution in [1.29, 1.82) is 5.26 Å². The minimum atomic E-state index is -0.451. The summed E-state index contributed by atoms with van der Waals surface area (Å²) in [5, 5.41) is 12.1. The zero-order valence-electron chi connectivity index (χ0n) is 14.2. The minimum absolute atomic E-state index is 0.0850. The lowest BCUT2D eigenvalue weighted by Gasteiger charge is -2.18. The lowest BCUT2D eigenvalue weighted by molar-refractivity contribution is -0.112. The van der Waals surface area contributed by atoms with Crippen molar-refractivity contribution in [3.05, 3.63) is 30.0 Å². The van der Waals surface area contributed by atoms with E-state index in [9.17, 15) is 10.1 Å². The molecule has 0 aliphatic carbocycles. The number of nitriles is 1. The minimum Gasteiger partial charge on any atom is -0.497 e. The molecule has 6 nitrogen and oxygen atoms in total. The van der Waals surface area contributed by atoms with Gasteiger partial charge < -0.3 is 19.7 Å². The molecule has 1 aliphatic heterocycles. The van der Waals surface area contributed by atoms with Crippen LogP contribution in [0.1, 0.15) is 25.7 Å². The molecule has 1 fully saturated rings. The molecule has 6 heteroatoms. The predicted octanol–water partition coefficient (Wildman–Crippen LogP) is 2.93. The topological polar surface area (TPSA) is 74.6 Å². The van der Waals surface area contributed by atoms with Gasteiger partial charge in [-0.2, -0.15) is 5.26 Å². The highest BCUT2D eigenvalue weighted by atomic mass is 16.5. The second-order valence-corrected chi connectivity index (χ2v) is 5.63. The Bertz CT molecular complexity index is 641. The van der Waals surface area contributed by atoms with Gasteiger partial charge in [0.2, 0.25) is 0 Å². The third-order valence-corrected chi connectivity index (χ3v) is 3.97. The molecule has 0 spiro atoms. The van der Waals surface area contributed by atoms with Crippen LogP contribution >= 0.6 is 0 Å². The van der Waals surface area contributed by atoms with Crippen molar-refractivity contribution in [2.45, 2.75) is 25.7 Å². The highest BCUT2D eigenvalue weighted by Crippen LogP contribution is 2.29. The molecule has 24 heavy (non-hydrogen) atoms. The predicted molar refractivity (Wildman–Crippen MR) is 91.9 cm³/mol. The summed E-state index contributed by atoms with van der Waals surface area (Å²) >= 11 is 0. The smallest absolute Gasteiger partial charge is 0.267 e. The number of nitrogens with one attached hydrogen (secondary N) is 1. The summed E-state index contributed by atoms with van der Waals surface area (Å²) in [5.41, 5.74) is 0.556. The van der Waals surface area contributed by atoms with E-state index in [1.807, 2.05) is 11.0 Å². The van der Waals surface area contributed by atoms with Gasteiger partial charge in [-0.3, -0.25) is 4.79 Å². The van der Waals surface area contributed by atoms with Crippen molar-refractivity contribution in [1.82, 2.24) is 4.90 Å². The van der Waals surface area contributed by atoms with Crippen LogP contribution in [0.25, 0.3) is 0 Å². The van der Waals surface area contributed by atoms with Gasteiger partial charge in [-0.1, -0.05) is 12.8 Å². The zero-order chi connectivity index (χ0) is 17.4. The second-order valence-electron chi connectivity index (χ2n) is 5.63. The lowest BCUT2D eigenvalue weighted by Crippen LogP contribution is -2.22. The van der Waals surface area contributed by atoms with E-state index in [0.717, 1.165) is 25.9 Å². The van der Waals surface area contributed by atoms with Gasteiger partial charge in [0.25, 0.3) is 5.91 Å². The molecule has 0 bridgehead atoms. The fourth-order valence-corrected chi connectivity index (χ4v) is 2.65. The molecule has 0 radical (unpaired) electrons. The number of carbonyl (C=O) groups excluding carboxylic acids is 1. The van der Waals surface area contributed by atoms with E-state index in [2.05, 4.69) is 5.32 Å². The Kier molecular flexibility index (Phi) is 6.50. The quantitative estimate of drug-likeness (QED) is 0.664.